The summed E-state index contributed by atoms with van der Waals surface area (Å²) in [4.78, 5) is 25.0. The van der Waals surface area contributed by atoms with Crippen LogP contribution in [0.25, 0.3) is 0 Å². The van der Waals surface area contributed by atoms with Gasteiger partial charge in [0.25, 0.3) is 0 Å². The summed E-state index contributed by atoms with van der Waals surface area (Å²) in [5, 5.41) is 54.3. The van der Waals surface area contributed by atoms with Crippen molar-refractivity contribution in [3.63, 3.8) is 0 Å². The zero-order valence-electron chi connectivity index (χ0n) is 46.3. The van der Waals surface area contributed by atoms with Crippen molar-refractivity contribution in [2.24, 2.45) is 0 Å². The van der Waals surface area contributed by atoms with Crippen LogP contribution in [-0.4, -0.2) is 100 Å². The number of hydrogen-bond acceptors (Lipinski definition) is 10. The van der Waals surface area contributed by atoms with Gasteiger partial charge in [-0.15, -0.1) is 0 Å². The fourth-order valence-electron chi connectivity index (χ4n) is 8.74. The van der Waals surface area contributed by atoms with Crippen LogP contribution in [0.15, 0.2) is 72.9 Å². The molecule has 0 aliphatic carbocycles. The maximum absolute atomic E-state index is 13.0. The maximum atomic E-state index is 13.0. The third-order valence-corrected chi connectivity index (χ3v) is 13.5. The van der Waals surface area contributed by atoms with Crippen molar-refractivity contribution in [1.82, 2.24) is 5.32 Å². The normalized spacial score (nSPS) is 19.5. The zero-order valence-corrected chi connectivity index (χ0v) is 46.3. The predicted molar refractivity (Wildman–Crippen MR) is 301 cm³/mol. The monoisotopic (exact) mass is 1030 g/mol. The van der Waals surface area contributed by atoms with E-state index in [1.54, 1.807) is 6.08 Å². The number of aliphatic hydroxyl groups excluding tert-OH is 5. The number of hydrogen-bond donors (Lipinski definition) is 6. The second-order valence-corrected chi connectivity index (χ2v) is 20.3. The predicted octanol–water partition coefficient (Wildman–Crippen LogP) is 13.6. The van der Waals surface area contributed by atoms with E-state index in [1.807, 2.05) is 6.08 Å². The lowest BCUT2D eigenvalue weighted by Gasteiger charge is -2.40. The molecular weight excluding hydrogens is 919 g/mol. The van der Waals surface area contributed by atoms with Gasteiger partial charge in [-0.05, 0) is 116 Å². The third-order valence-electron chi connectivity index (χ3n) is 13.5. The van der Waals surface area contributed by atoms with E-state index < -0.39 is 49.5 Å². The lowest BCUT2D eigenvalue weighted by molar-refractivity contribution is -0.302. The molecule has 1 aliphatic heterocycles. The van der Waals surface area contributed by atoms with Gasteiger partial charge < -0.3 is 45.1 Å². The summed E-state index contributed by atoms with van der Waals surface area (Å²) in [6.07, 6.45) is 57.0. The number of carbonyl (C=O) groups is 2. The highest BCUT2D eigenvalue weighted by molar-refractivity contribution is 5.76. The number of aliphatic hydroxyl groups is 5. The van der Waals surface area contributed by atoms with E-state index >= 15 is 0 Å². The fourth-order valence-corrected chi connectivity index (χ4v) is 8.74. The molecule has 0 aromatic heterocycles. The van der Waals surface area contributed by atoms with E-state index in [2.05, 4.69) is 79.9 Å². The second-order valence-electron chi connectivity index (χ2n) is 20.3. The number of ether oxygens (including phenoxy) is 3. The summed E-state index contributed by atoms with van der Waals surface area (Å²) in [6, 6.07) is -0.844. The second kappa shape index (κ2) is 51.2. The van der Waals surface area contributed by atoms with Crippen molar-refractivity contribution in [2.75, 3.05) is 19.8 Å². The molecule has 1 fully saturated rings. The van der Waals surface area contributed by atoms with Gasteiger partial charge in [0, 0.05) is 12.8 Å². The van der Waals surface area contributed by atoms with Crippen molar-refractivity contribution in [3.8, 4) is 0 Å². The molecule has 0 saturated carbocycles. The minimum absolute atomic E-state index is 0.0404. The van der Waals surface area contributed by atoms with Crippen molar-refractivity contribution < 1.29 is 49.3 Å². The van der Waals surface area contributed by atoms with Crippen LogP contribution in [0.4, 0.5) is 0 Å². The minimum Gasteiger partial charge on any atom is -0.466 e. The topological polar surface area (TPSA) is 175 Å². The van der Waals surface area contributed by atoms with Crippen molar-refractivity contribution in [2.45, 2.75) is 288 Å². The highest BCUT2D eigenvalue weighted by Crippen LogP contribution is 2.23. The van der Waals surface area contributed by atoms with Gasteiger partial charge in [0.2, 0.25) is 5.91 Å². The lowest BCUT2D eigenvalue weighted by atomic mass is 9.99. The largest absolute Gasteiger partial charge is 0.466 e. The molecule has 1 aliphatic rings. The van der Waals surface area contributed by atoms with Gasteiger partial charge in [0.1, 0.15) is 24.4 Å². The van der Waals surface area contributed by atoms with Crippen LogP contribution in [0.5, 0.6) is 0 Å². The Morgan fingerprint density at radius 3 is 1.47 bits per heavy atom. The van der Waals surface area contributed by atoms with Gasteiger partial charge in [0.15, 0.2) is 6.29 Å². The standard InChI is InChI=1S/C62H109NO10/c1-3-5-7-9-11-13-15-17-25-28-32-36-40-44-48-55(65)54(53-72-62-61(70)60(69)59(68)56(52-64)73-62)63-57(66)49-45-41-37-33-29-26-23-21-19-18-20-22-24-27-31-35-39-43-47-51-71-58(67)50-46-42-38-34-30-16-14-12-10-8-6-4-2/h12-15,22,24,27-28,31-32,44,48,54-56,59-62,64-65,68-70H,3-11,16-21,23,25-26,29-30,33-43,45-47,49-53H2,1-2H3,(H,63,66)/b14-12-,15-13+,24-22-,31-27-,32-28+,48-44+. The summed E-state index contributed by atoms with van der Waals surface area (Å²) in [7, 11) is 0. The van der Waals surface area contributed by atoms with E-state index in [0.29, 0.717) is 19.4 Å². The lowest BCUT2D eigenvalue weighted by Crippen LogP contribution is -2.60. The number of amides is 1. The Bertz CT molecular complexity index is 1440. The average molecular weight is 1030 g/mol. The Labute approximate surface area is 445 Å². The number of carbonyl (C=O) groups excluding carboxylic acids is 2. The van der Waals surface area contributed by atoms with Gasteiger partial charge in [-0.1, -0.05) is 189 Å². The zero-order chi connectivity index (χ0) is 53.1. The molecule has 0 spiro atoms. The molecule has 6 N–H and O–H groups in total. The number of unbranched alkanes of at least 4 members (excludes halogenated alkanes) is 27. The molecule has 11 nitrogen and oxygen atoms in total. The summed E-state index contributed by atoms with van der Waals surface area (Å²) in [6.45, 7) is 4.21. The number of esters is 1. The number of nitrogens with one attached hydrogen (secondary N) is 1. The third kappa shape index (κ3) is 41.0. The van der Waals surface area contributed by atoms with Gasteiger partial charge in [0.05, 0.1) is 32.0 Å². The summed E-state index contributed by atoms with van der Waals surface area (Å²) in [5.74, 6) is -0.249. The quantitative estimate of drug-likeness (QED) is 0.0149. The molecular formula is C62H109NO10. The molecule has 11 heteroatoms. The molecule has 422 valence electrons. The molecule has 0 radical (unpaired) electrons. The Morgan fingerprint density at radius 1 is 0.507 bits per heavy atom. The highest BCUT2D eigenvalue weighted by atomic mass is 16.7. The SMILES string of the molecule is CCCCC/C=C\CCCCCCCC(=O)OCCCCC/C=C\C=C/CCCCCCCCCCCCC(=O)NC(COC1OC(CO)C(O)C(O)C1O)C(O)/C=C/CC/C=C/CC/C=C/CCCCCC. The first kappa shape index (κ1) is 68.1. The van der Waals surface area contributed by atoms with Crippen LogP contribution < -0.4 is 5.32 Å². The molecule has 7 atom stereocenters. The van der Waals surface area contributed by atoms with E-state index in [9.17, 15) is 35.1 Å². The number of allylic oxidation sites excluding steroid dienone is 11. The summed E-state index contributed by atoms with van der Waals surface area (Å²) >= 11 is 0. The number of rotatable bonds is 50. The Morgan fingerprint density at radius 2 is 0.932 bits per heavy atom. The Hall–Kier alpha value is -2.90. The first-order chi connectivity index (χ1) is 35.7. The molecule has 73 heavy (non-hydrogen) atoms. The van der Waals surface area contributed by atoms with Gasteiger partial charge in [-0.2, -0.15) is 0 Å². The molecule has 0 aromatic rings. The van der Waals surface area contributed by atoms with Gasteiger partial charge >= 0.3 is 5.97 Å². The van der Waals surface area contributed by atoms with Crippen LogP contribution in [0.2, 0.25) is 0 Å². The van der Waals surface area contributed by atoms with E-state index in [1.165, 1.54) is 116 Å². The molecule has 0 aromatic carbocycles. The fraction of sp³-hybridized carbons (Fsp3) is 0.774. The molecule has 0 bridgehead atoms. The molecule has 7 unspecified atom stereocenters. The van der Waals surface area contributed by atoms with Gasteiger partial charge in [-0.3, -0.25) is 9.59 Å². The van der Waals surface area contributed by atoms with Crippen LogP contribution in [0, 0.1) is 0 Å². The Kier molecular flexibility index (Phi) is 47.8. The first-order valence-corrected chi connectivity index (χ1v) is 29.7. The smallest absolute Gasteiger partial charge is 0.305 e. The van der Waals surface area contributed by atoms with Crippen molar-refractivity contribution >= 4 is 11.9 Å². The molecule has 1 amide bonds. The molecule has 1 heterocycles. The van der Waals surface area contributed by atoms with Crippen LogP contribution in [0.3, 0.4) is 0 Å². The van der Waals surface area contributed by atoms with Crippen LogP contribution in [-0.2, 0) is 23.8 Å². The van der Waals surface area contributed by atoms with E-state index in [4.69, 9.17) is 14.2 Å². The average Bonchev–Trinajstić information content (AvgIpc) is 3.39. The van der Waals surface area contributed by atoms with E-state index in [-0.39, 0.29) is 18.5 Å². The van der Waals surface area contributed by atoms with Crippen LogP contribution >= 0.6 is 0 Å². The minimum atomic E-state index is -1.59. The summed E-state index contributed by atoms with van der Waals surface area (Å²) < 4.78 is 16.7. The summed E-state index contributed by atoms with van der Waals surface area (Å²) in [5.41, 5.74) is 0. The highest BCUT2D eigenvalue weighted by Gasteiger charge is 2.44. The van der Waals surface area contributed by atoms with E-state index in [0.717, 1.165) is 103 Å². The van der Waals surface area contributed by atoms with Crippen molar-refractivity contribution in [3.05, 3.63) is 72.9 Å². The first-order valence-electron chi connectivity index (χ1n) is 29.7. The molecule has 1 saturated heterocycles. The maximum Gasteiger partial charge on any atom is 0.305 e. The van der Waals surface area contributed by atoms with Gasteiger partial charge in [-0.25, -0.2) is 0 Å². The van der Waals surface area contributed by atoms with Crippen LogP contribution in [0.1, 0.15) is 245 Å². The molecule has 1 rings (SSSR count). The Balaban J connectivity index is 2.15. The van der Waals surface area contributed by atoms with Crippen molar-refractivity contribution in [1.29, 1.82) is 0 Å².